The molecule has 20 heavy (non-hydrogen) atoms. The SMILES string of the molecule is CCOC(=O)CCCCCNCc1cccc(CO)c1. The minimum absolute atomic E-state index is 0.0850. The third kappa shape index (κ3) is 7.26. The third-order valence-corrected chi connectivity index (χ3v) is 3.04. The molecule has 0 saturated heterocycles. The molecular formula is C16H25NO3. The number of rotatable bonds is 10. The maximum Gasteiger partial charge on any atom is 0.305 e. The summed E-state index contributed by atoms with van der Waals surface area (Å²) >= 11 is 0. The molecule has 0 heterocycles. The van der Waals surface area contributed by atoms with Gasteiger partial charge in [-0.25, -0.2) is 0 Å². The van der Waals surface area contributed by atoms with Crippen molar-refractivity contribution in [3.63, 3.8) is 0 Å². The molecule has 0 bridgehead atoms. The summed E-state index contributed by atoms with van der Waals surface area (Å²) < 4.78 is 4.87. The van der Waals surface area contributed by atoms with Crippen molar-refractivity contribution >= 4 is 5.97 Å². The fourth-order valence-corrected chi connectivity index (χ4v) is 2.00. The van der Waals surface area contributed by atoms with Gasteiger partial charge >= 0.3 is 5.97 Å². The Labute approximate surface area is 121 Å². The number of ether oxygens (including phenoxy) is 1. The van der Waals surface area contributed by atoms with E-state index in [-0.39, 0.29) is 12.6 Å². The van der Waals surface area contributed by atoms with Gasteiger partial charge in [0.05, 0.1) is 13.2 Å². The molecule has 0 saturated carbocycles. The molecule has 4 heteroatoms. The monoisotopic (exact) mass is 279 g/mol. The Morgan fingerprint density at radius 1 is 1.25 bits per heavy atom. The highest BCUT2D eigenvalue weighted by atomic mass is 16.5. The van der Waals surface area contributed by atoms with Crippen LogP contribution in [0.1, 0.15) is 43.7 Å². The van der Waals surface area contributed by atoms with Crippen LogP contribution in [-0.2, 0) is 22.7 Å². The summed E-state index contributed by atoms with van der Waals surface area (Å²) in [4.78, 5) is 11.1. The number of unbranched alkanes of at least 4 members (excludes halogenated alkanes) is 2. The van der Waals surface area contributed by atoms with Crippen LogP contribution >= 0.6 is 0 Å². The maximum absolute atomic E-state index is 11.1. The first-order valence-electron chi connectivity index (χ1n) is 7.31. The Morgan fingerprint density at radius 3 is 2.80 bits per heavy atom. The number of benzene rings is 1. The predicted octanol–water partition coefficient (Wildman–Crippen LogP) is 2.39. The van der Waals surface area contributed by atoms with E-state index in [0.717, 1.165) is 37.9 Å². The summed E-state index contributed by atoms with van der Waals surface area (Å²) in [5, 5.41) is 12.4. The zero-order chi connectivity index (χ0) is 14.6. The fourth-order valence-electron chi connectivity index (χ4n) is 2.00. The molecule has 0 aliphatic carbocycles. The van der Waals surface area contributed by atoms with E-state index in [1.165, 1.54) is 5.56 Å². The number of nitrogens with one attached hydrogen (secondary N) is 1. The standard InChI is InChI=1S/C16H25NO3/c1-2-20-16(19)9-4-3-5-10-17-12-14-7-6-8-15(11-14)13-18/h6-8,11,17-18H,2-5,9-10,12-13H2,1H3. The van der Waals surface area contributed by atoms with Crippen molar-refractivity contribution in [3.8, 4) is 0 Å². The lowest BCUT2D eigenvalue weighted by Crippen LogP contribution is -2.15. The van der Waals surface area contributed by atoms with Crippen molar-refractivity contribution in [3.05, 3.63) is 35.4 Å². The van der Waals surface area contributed by atoms with Gasteiger partial charge in [-0.1, -0.05) is 30.7 Å². The maximum atomic E-state index is 11.1. The molecule has 0 radical (unpaired) electrons. The molecule has 0 aliphatic rings. The number of carbonyl (C=O) groups is 1. The van der Waals surface area contributed by atoms with Gasteiger partial charge in [-0.15, -0.1) is 0 Å². The van der Waals surface area contributed by atoms with Gasteiger partial charge in [-0.2, -0.15) is 0 Å². The summed E-state index contributed by atoms with van der Waals surface area (Å²) in [5.74, 6) is -0.0960. The molecule has 0 aromatic heterocycles. The first-order valence-corrected chi connectivity index (χ1v) is 7.31. The van der Waals surface area contributed by atoms with Gasteiger partial charge in [-0.05, 0) is 37.4 Å². The van der Waals surface area contributed by atoms with Crippen molar-refractivity contribution in [1.29, 1.82) is 0 Å². The van der Waals surface area contributed by atoms with Crippen molar-refractivity contribution < 1.29 is 14.6 Å². The van der Waals surface area contributed by atoms with Crippen LogP contribution in [0.5, 0.6) is 0 Å². The third-order valence-electron chi connectivity index (χ3n) is 3.04. The van der Waals surface area contributed by atoms with Crippen LogP contribution in [-0.4, -0.2) is 24.2 Å². The Morgan fingerprint density at radius 2 is 2.05 bits per heavy atom. The van der Waals surface area contributed by atoms with E-state index >= 15 is 0 Å². The Hall–Kier alpha value is -1.39. The molecule has 0 aliphatic heterocycles. The second-order valence-electron chi connectivity index (χ2n) is 4.77. The molecule has 1 aromatic carbocycles. The number of esters is 1. The Balaban J connectivity index is 2.03. The van der Waals surface area contributed by atoms with Gasteiger partial charge in [0.1, 0.15) is 0 Å². The van der Waals surface area contributed by atoms with Crippen molar-refractivity contribution in [2.45, 2.75) is 45.8 Å². The fraction of sp³-hybridized carbons (Fsp3) is 0.562. The highest BCUT2D eigenvalue weighted by Gasteiger charge is 2.00. The van der Waals surface area contributed by atoms with Crippen LogP contribution in [0, 0.1) is 0 Å². The molecule has 112 valence electrons. The number of carbonyl (C=O) groups excluding carboxylic acids is 1. The van der Waals surface area contributed by atoms with Gasteiger partial charge in [0, 0.05) is 13.0 Å². The van der Waals surface area contributed by atoms with Gasteiger partial charge in [0.25, 0.3) is 0 Å². The predicted molar refractivity (Wildman–Crippen MR) is 79.2 cm³/mol. The van der Waals surface area contributed by atoms with Crippen molar-refractivity contribution in [1.82, 2.24) is 5.32 Å². The summed E-state index contributed by atoms with van der Waals surface area (Å²) in [5.41, 5.74) is 2.13. The Bertz CT molecular complexity index is 393. The minimum atomic E-state index is -0.0960. The van der Waals surface area contributed by atoms with Gasteiger partial charge in [-0.3, -0.25) is 4.79 Å². The molecule has 2 N–H and O–H groups in total. The normalized spacial score (nSPS) is 10.5. The first-order chi connectivity index (χ1) is 9.76. The Kier molecular flexibility index (Phi) is 8.67. The topological polar surface area (TPSA) is 58.6 Å². The van der Waals surface area contributed by atoms with Crippen LogP contribution < -0.4 is 5.32 Å². The van der Waals surface area contributed by atoms with Gasteiger partial charge < -0.3 is 15.2 Å². The van der Waals surface area contributed by atoms with Crippen LogP contribution in [0.4, 0.5) is 0 Å². The number of hydrogen-bond donors (Lipinski definition) is 2. The van der Waals surface area contributed by atoms with Crippen LogP contribution in [0.3, 0.4) is 0 Å². The summed E-state index contributed by atoms with van der Waals surface area (Å²) in [6.07, 6.45) is 3.49. The number of aliphatic hydroxyl groups is 1. The quantitative estimate of drug-likeness (QED) is 0.510. The highest BCUT2D eigenvalue weighted by molar-refractivity contribution is 5.69. The lowest BCUT2D eigenvalue weighted by Gasteiger charge is -2.06. The van der Waals surface area contributed by atoms with E-state index in [4.69, 9.17) is 9.84 Å². The smallest absolute Gasteiger partial charge is 0.305 e. The second-order valence-corrected chi connectivity index (χ2v) is 4.77. The highest BCUT2D eigenvalue weighted by Crippen LogP contribution is 2.05. The van der Waals surface area contributed by atoms with E-state index in [2.05, 4.69) is 5.32 Å². The summed E-state index contributed by atoms with van der Waals surface area (Å²) in [6, 6.07) is 7.93. The van der Waals surface area contributed by atoms with E-state index in [0.29, 0.717) is 13.0 Å². The number of aliphatic hydroxyl groups excluding tert-OH is 1. The lowest BCUT2D eigenvalue weighted by atomic mass is 10.1. The largest absolute Gasteiger partial charge is 0.466 e. The lowest BCUT2D eigenvalue weighted by molar-refractivity contribution is -0.143. The molecule has 1 aromatic rings. The molecule has 0 atom stereocenters. The van der Waals surface area contributed by atoms with Crippen LogP contribution in [0.25, 0.3) is 0 Å². The zero-order valence-electron chi connectivity index (χ0n) is 12.2. The van der Waals surface area contributed by atoms with Crippen LogP contribution in [0.2, 0.25) is 0 Å². The molecule has 0 fully saturated rings. The van der Waals surface area contributed by atoms with E-state index in [1.54, 1.807) is 0 Å². The molecular weight excluding hydrogens is 254 g/mol. The van der Waals surface area contributed by atoms with Gasteiger partial charge in [0.15, 0.2) is 0 Å². The second kappa shape index (κ2) is 10.4. The molecule has 4 nitrogen and oxygen atoms in total. The van der Waals surface area contributed by atoms with E-state index < -0.39 is 0 Å². The first kappa shape index (κ1) is 16.7. The summed E-state index contributed by atoms with van der Waals surface area (Å²) in [7, 11) is 0. The molecule has 0 spiro atoms. The average Bonchev–Trinajstić information content (AvgIpc) is 2.47. The molecule has 1 rings (SSSR count). The van der Waals surface area contributed by atoms with Crippen molar-refractivity contribution in [2.75, 3.05) is 13.2 Å². The molecule has 0 amide bonds. The van der Waals surface area contributed by atoms with Gasteiger partial charge in [0.2, 0.25) is 0 Å². The van der Waals surface area contributed by atoms with E-state index in [9.17, 15) is 4.79 Å². The zero-order valence-corrected chi connectivity index (χ0v) is 12.2. The molecule has 0 unspecified atom stereocenters. The average molecular weight is 279 g/mol. The van der Waals surface area contributed by atoms with Crippen molar-refractivity contribution in [2.24, 2.45) is 0 Å². The van der Waals surface area contributed by atoms with Crippen LogP contribution in [0.15, 0.2) is 24.3 Å². The minimum Gasteiger partial charge on any atom is -0.466 e. The van der Waals surface area contributed by atoms with E-state index in [1.807, 2.05) is 31.2 Å². The summed E-state index contributed by atoms with van der Waals surface area (Å²) in [6.45, 7) is 4.13. The number of hydrogen-bond acceptors (Lipinski definition) is 4.